The van der Waals surface area contributed by atoms with Gasteiger partial charge in [0, 0.05) is 12.1 Å². The van der Waals surface area contributed by atoms with Gasteiger partial charge in [0.05, 0.1) is 15.6 Å². The second-order valence-electron chi connectivity index (χ2n) is 6.87. The van der Waals surface area contributed by atoms with Crippen molar-refractivity contribution >= 4 is 29.1 Å². The van der Waals surface area contributed by atoms with Crippen molar-refractivity contribution in [3.05, 3.63) is 46.1 Å². The summed E-state index contributed by atoms with van der Waals surface area (Å²) in [7, 11) is 0. The van der Waals surface area contributed by atoms with Gasteiger partial charge in [-0.15, -0.1) is 0 Å². The highest BCUT2D eigenvalue weighted by Gasteiger charge is 2.40. The quantitative estimate of drug-likeness (QED) is 0.856. The topological polar surface area (TPSA) is 45.5 Å². The van der Waals surface area contributed by atoms with Crippen LogP contribution in [-0.4, -0.2) is 36.0 Å². The molecule has 2 aromatic rings. The Bertz CT molecular complexity index is 774. The molecule has 3 aliphatic rings. The molecule has 3 fully saturated rings. The summed E-state index contributed by atoms with van der Waals surface area (Å²) in [6.07, 6.45) is 2.29. The maximum absolute atomic E-state index is 12.7. The van der Waals surface area contributed by atoms with Crippen molar-refractivity contribution < 1.29 is 9.21 Å². The first kappa shape index (κ1) is 17.0. The van der Waals surface area contributed by atoms with E-state index in [9.17, 15) is 4.79 Å². The SMILES string of the molecule is C[C@H]1[C@H](NC(=O)c2ccc(-c3c(Cl)cccc3Cl)o2)C2CCN1CC2. The molecule has 4 heterocycles. The number of halogens is 2. The van der Waals surface area contributed by atoms with E-state index in [1.807, 2.05) is 0 Å². The number of furan rings is 1. The molecule has 0 radical (unpaired) electrons. The van der Waals surface area contributed by atoms with E-state index in [-0.39, 0.29) is 17.7 Å². The third kappa shape index (κ3) is 3.07. The second-order valence-corrected chi connectivity index (χ2v) is 7.69. The lowest BCUT2D eigenvalue weighted by atomic mass is 9.79. The highest BCUT2D eigenvalue weighted by molar-refractivity contribution is 6.39. The maximum atomic E-state index is 12.7. The van der Waals surface area contributed by atoms with Crippen molar-refractivity contribution in [2.24, 2.45) is 5.92 Å². The molecular formula is C19H20Cl2N2O2. The number of hydrogen-bond donors (Lipinski definition) is 1. The number of nitrogens with one attached hydrogen (secondary N) is 1. The molecule has 132 valence electrons. The lowest BCUT2D eigenvalue weighted by Gasteiger charge is -2.49. The average Bonchev–Trinajstić information content (AvgIpc) is 3.08. The fourth-order valence-corrected chi connectivity index (χ4v) is 4.68. The minimum Gasteiger partial charge on any atom is -0.451 e. The van der Waals surface area contributed by atoms with E-state index in [2.05, 4.69) is 17.1 Å². The van der Waals surface area contributed by atoms with Crippen LogP contribution in [0.1, 0.15) is 30.3 Å². The zero-order valence-electron chi connectivity index (χ0n) is 14.0. The van der Waals surface area contributed by atoms with Crippen molar-refractivity contribution in [3.63, 3.8) is 0 Å². The molecule has 0 aliphatic carbocycles. The lowest BCUT2D eigenvalue weighted by Crippen LogP contribution is -2.62. The molecule has 0 unspecified atom stereocenters. The summed E-state index contributed by atoms with van der Waals surface area (Å²) < 4.78 is 5.76. The Morgan fingerprint density at radius 2 is 1.84 bits per heavy atom. The summed E-state index contributed by atoms with van der Waals surface area (Å²) in [4.78, 5) is 15.1. The summed E-state index contributed by atoms with van der Waals surface area (Å²) in [5.74, 6) is 1.16. The van der Waals surface area contributed by atoms with Gasteiger partial charge in [-0.05, 0) is 63.0 Å². The standard InChI is InChI=1S/C19H20Cl2N2O2/c1-11-18(12-7-9-23(11)10-8-12)22-19(24)16-6-5-15(25-16)17-13(20)3-2-4-14(17)21/h2-6,11-12,18H,7-10H2,1H3,(H,22,24)/t11-,18-/m0/s1. The fourth-order valence-electron chi connectivity index (χ4n) is 4.10. The van der Waals surface area contributed by atoms with Crippen LogP contribution in [-0.2, 0) is 0 Å². The molecule has 1 aromatic heterocycles. The normalized spacial score (nSPS) is 28.1. The first-order valence-corrected chi connectivity index (χ1v) is 9.39. The van der Waals surface area contributed by atoms with Gasteiger partial charge >= 0.3 is 0 Å². The van der Waals surface area contributed by atoms with E-state index in [0.29, 0.717) is 33.3 Å². The minimum absolute atomic E-state index is 0.174. The van der Waals surface area contributed by atoms with Crippen LogP contribution in [0.3, 0.4) is 0 Å². The first-order valence-electron chi connectivity index (χ1n) is 8.63. The summed E-state index contributed by atoms with van der Waals surface area (Å²) in [5.41, 5.74) is 0.612. The number of piperidine rings is 3. The van der Waals surface area contributed by atoms with Crippen LogP contribution >= 0.6 is 23.2 Å². The lowest BCUT2D eigenvalue weighted by molar-refractivity contribution is 0.0211. The van der Waals surface area contributed by atoms with E-state index in [1.54, 1.807) is 30.3 Å². The van der Waals surface area contributed by atoms with Crippen LogP contribution in [0.4, 0.5) is 0 Å². The van der Waals surface area contributed by atoms with Crippen molar-refractivity contribution in [3.8, 4) is 11.3 Å². The molecule has 2 atom stereocenters. The fraction of sp³-hybridized carbons (Fsp3) is 0.421. The molecule has 1 amide bonds. The van der Waals surface area contributed by atoms with Crippen molar-refractivity contribution in [1.29, 1.82) is 0 Å². The van der Waals surface area contributed by atoms with Crippen LogP contribution in [0.15, 0.2) is 34.7 Å². The number of carbonyl (C=O) groups excluding carboxylic acids is 1. The largest absolute Gasteiger partial charge is 0.451 e. The van der Waals surface area contributed by atoms with Gasteiger partial charge in [0.25, 0.3) is 5.91 Å². The summed E-state index contributed by atoms with van der Waals surface area (Å²) in [5, 5.41) is 4.17. The second kappa shape index (κ2) is 6.67. The molecular weight excluding hydrogens is 359 g/mol. The molecule has 5 rings (SSSR count). The van der Waals surface area contributed by atoms with E-state index in [0.717, 1.165) is 25.9 Å². The van der Waals surface area contributed by atoms with Gasteiger partial charge in [-0.25, -0.2) is 0 Å². The van der Waals surface area contributed by atoms with Crippen LogP contribution in [0.5, 0.6) is 0 Å². The number of amides is 1. The zero-order chi connectivity index (χ0) is 17.6. The predicted octanol–water partition coefficient (Wildman–Crippen LogP) is 4.47. The molecule has 3 saturated heterocycles. The molecule has 0 saturated carbocycles. The summed E-state index contributed by atoms with van der Waals surface area (Å²) >= 11 is 12.4. The third-order valence-electron chi connectivity index (χ3n) is 5.51. The number of rotatable bonds is 3. The Balaban J connectivity index is 1.53. The van der Waals surface area contributed by atoms with Gasteiger partial charge in [0.15, 0.2) is 5.76 Å². The van der Waals surface area contributed by atoms with Gasteiger partial charge in [-0.1, -0.05) is 29.3 Å². The van der Waals surface area contributed by atoms with Gasteiger partial charge in [-0.2, -0.15) is 0 Å². The van der Waals surface area contributed by atoms with E-state index >= 15 is 0 Å². The summed E-state index contributed by atoms with van der Waals surface area (Å²) in [6, 6.07) is 9.23. The van der Waals surface area contributed by atoms with Crippen LogP contribution in [0.25, 0.3) is 11.3 Å². The smallest absolute Gasteiger partial charge is 0.287 e. The molecule has 1 N–H and O–H groups in total. The van der Waals surface area contributed by atoms with Crippen molar-refractivity contribution in [2.45, 2.75) is 31.8 Å². The number of nitrogens with zero attached hydrogens (tertiary/aromatic N) is 1. The number of hydrogen-bond acceptors (Lipinski definition) is 3. The number of benzene rings is 1. The van der Waals surface area contributed by atoms with E-state index in [1.165, 1.54) is 0 Å². The molecule has 4 nitrogen and oxygen atoms in total. The van der Waals surface area contributed by atoms with Crippen LogP contribution in [0.2, 0.25) is 10.0 Å². The molecule has 2 bridgehead atoms. The Labute approximate surface area is 157 Å². The molecule has 1 aromatic carbocycles. The minimum atomic E-state index is -0.181. The van der Waals surface area contributed by atoms with Gasteiger partial charge in [0.1, 0.15) is 5.76 Å². The van der Waals surface area contributed by atoms with Gasteiger partial charge in [0.2, 0.25) is 0 Å². The van der Waals surface area contributed by atoms with Crippen molar-refractivity contribution in [2.75, 3.05) is 13.1 Å². The zero-order valence-corrected chi connectivity index (χ0v) is 15.5. The Morgan fingerprint density at radius 3 is 2.48 bits per heavy atom. The highest BCUT2D eigenvalue weighted by Crippen LogP contribution is 2.36. The van der Waals surface area contributed by atoms with E-state index < -0.39 is 0 Å². The number of carbonyl (C=O) groups is 1. The predicted molar refractivity (Wildman–Crippen MR) is 99.2 cm³/mol. The van der Waals surface area contributed by atoms with E-state index in [4.69, 9.17) is 27.6 Å². The Morgan fingerprint density at radius 1 is 1.16 bits per heavy atom. The maximum Gasteiger partial charge on any atom is 0.287 e. The molecule has 6 heteroatoms. The number of fused-ring (bicyclic) bond motifs is 3. The molecule has 25 heavy (non-hydrogen) atoms. The summed E-state index contributed by atoms with van der Waals surface area (Å²) in [6.45, 7) is 4.45. The first-order chi connectivity index (χ1) is 12.0. The van der Waals surface area contributed by atoms with Gasteiger partial charge < -0.3 is 9.73 Å². The van der Waals surface area contributed by atoms with Crippen LogP contribution < -0.4 is 5.32 Å². The third-order valence-corrected chi connectivity index (χ3v) is 6.14. The van der Waals surface area contributed by atoms with Crippen LogP contribution in [0, 0.1) is 5.92 Å². The molecule has 0 spiro atoms. The monoisotopic (exact) mass is 378 g/mol. The van der Waals surface area contributed by atoms with Gasteiger partial charge in [-0.3, -0.25) is 9.69 Å². The Kier molecular flexibility index (Phi) is 4.52. The average molecular weight is 379 g/mol. The highest BCUT2D eigenvalue weighted by atomic mass is 35.5. The van der Waals surface area contributed by atoms with Crippen molar-refractivity contribution in [1.82, 2.24) is 10.2 Å². The molecule has 3 aliphatic heterocycles. The Hall–Kier alpha value is -1.49.